The molecule has 2 rings (SSSR count). The number of nitro groups is 2. The van der Waals surface area contributed by atoms with E-state index in [2.05, 4.69) is 10.2 Å². The summed E-state index contributed by atoms with van der Waals surface area (Å²) in [4.78, 5) is 48.5. The van der Waals surface area contributed by atoms with Crippen LogP contribution in [0.2, 0.25) is 0 Å². The molecule has 0 amide bonds. The molecule has 0 spiro atoms. The molecule has 1 atom stereocenters. The van der Waals surface area contributed by atoms with E-state index in [9.17, 15) is 35.1 Å². The minimum Gasteiger partial charge on any atom is -0.462 e. The quantitative estimate of drug-likeness (QED) is 0.268. The minimum absolute atomic E-state index is 0.0327. The van der Waals surface area contributed by atoms with Gasteiger partial charge in [-0.15, -0.1) is 10.1 Å². The zero-order valence-corrected chi connectivity index (χ0v) is 16.0. The van der Waals surface area contributed by atoms with Crippen LogP contribution in [0.4, 0.5) is 5.69 Å². The molecule has 1 aliphatic heterocycles. The molecule has 0 radical (unpaired) electrons. The number of carbonyl (C=O) groups excluding carboxylic acids is 1. The number of hydrogen-bond donors (Lipinski definition) is 1. The summed E-state index contributed by atoms with van der Waals surface area (Å²) < 4.78 is 5.11. The minimum atomic E-state index is -1.20. The fourth-order valence-electron chi connectivity index (χ4n) is 3.08. The number of rotatable bonds is 9. The van der Waals surface area contributed by atoms with Crippen LogP contribution in [0.5, 0.6) is 0 Å². The van der Waals surface area contributed by atoms with Gasteiger partial charge in [0.15, 0.2) is 0 Å². The van der Waals surface area contributed by atoms with Crippen LogP contribution >= 0.6 is 0 Å². The lowest BCUT2D eigenvalue weighted by atomic mass is 9.84. The van der Waals surface area contributed by atoms with E-state index in [-0.39, 0.29) is 47.9 Å². The molecule has 13 nitrogen and oxygen atoms in total. The topological polar surface area (TPSA) is 177 Å². The Kier molecular flexibility index (Phi) is 7.01. The van der Waals surface area contributed by atoms with Gasteiger partial charge in [0.1, 0.15) is 5.92 Å². The van der Waals surface area contributed by atoms with E-state index in [0.29, 0.717) is 5.70 Å². The van der Waals surface area contributed by atoms with Crippen molar-refractivity contribution >= 4 is 11.7 Å². The number of nitrogens with one attached hydrogen (secondary N) is 1. The number of allylic oxidation sites excluding steroid dienone is 3. The third-order valence-corrected chi connectivity index (χ3v) is 4.27. The molecule has 1 unspecified atom stereocenters. The maximum Gasteiger partial charge on any atom is 0.336 e. The Morgan fingerprint density at radius 3 is 2.37 bits per heavy atom. The first-order chi connectivity index (χ1) is 14.1. The van der Waals surface area contributed by atoms with E-state index in [1.54, 1.807) is 0 Å². The Labute approximate surface area is 169 Å². The van der Waals surface area contributed by atoms with Crippen LogP contribution in [0.15, 0.2) is 46.9 Å². The Morgan fingerprint density at radius 1 is 1.07 bits per heavy atom. The lowest BCUT2D eigenvalue weighted by Gasteiger charge is -2.26. The van der Waals surface area contributed by atoms with Crippen molar-refractivity contribution in [3.05, 3.63) is 82.8 Å². The van der Waals surface area contributed by atoms with Gasteiger partial charge < -0.3 is 14.9 Å². The van der Waals surface area contributed by atoms with E-state index in [1.807, 2.05) is 0 Å². The van der Waals surface area contributed by atoms with Gasteiger partial charge in [0, 0.05) is 24.3 Å². The van der Waals surface area contributed by atoms with Gasteiger partial charge in [-0.1, -0.05) is 12.1 Å². The monoisotopic (exact) mass is 422 g/mol. The van der Waals surface area contributed by atoms with Gasteiger partial charge in [-0.05, 0) is 19.4 Å². The summed E-state index contributed by atoms with van der Waals surface area (Å²) in [7, 11) is 0. The fraction of sp³-hybridized carbons (Fsp3) is 0.353. The summed E-state index contributed by atoms with van der Waals surface area (Å²) in [6, 6.07) is 5.22. The molecule has 0 fully saturated rings. The average Bonchev–Trinajstić information content (AvgIpc) is 2.66. The van der Waals surface area contributed by atoms with Gasteiger partial charge in [-0.25, -0.2) is 4.79 Å². The van der Waals surface area contributed by atoms with Crippen LogP contribution in [0, 0.1) is 30.3 Å². The SMILES string of the molecule is CC1=C(C(=O)OCCCO[N+](=O)[O-])C(c2cccc([N+](=O)[O-])c2)C([N+](=O)[O-])=C(C)N1. The maximum absolute atomic E-state index is 12.7. The summed E-state index contributed by atoms with van der Waals surface area (Å²) >= 11 is 0. The normalized spacial score (nSPS) is 16.0. The summed E-state index contributed by atoms with van der Waals surface area (Å²) in [6.45, 7) is 2.48. The lowest BCUT2D eigenvalue weighted by molar-refractivity contribution is -0.757. The van der Waals surface area contributed by atoms with Crippen molar-refractivity contribution in [2.45, 2.75) is 26.2 Å². The van der Waals surface area contributed by atoms with Crippen molar-refractivity contribution < 1.29 is 29.3 Å². The molecule has 1 aromatic rings. The predicted octanol–water partition coefficient (Wildman–Crippen LogP) is 2.21. The highest BCUT2D eigenvalue weighted by Gasteiger charge is 2.41. The highest BCUT2D eigenvalue weighted by molar-refractivity contribution is 5.92. The molecule has 0 aliphatic carbocycles. The molecule has 13 heteroatoms. The molecule has 0 aromatic heterocycles. The second-order valence-corrected chi connectivity index (χ2v) is 6.26. The van der Waals surface area contributed by atoms with Gasteiger partial charge >= 0.3 is 5.97 Å². The van der Waals surface area contributed by atoms with Crippen LogP contribution in [-0.2, 0) is 14.4 Å². The van der Waals surface area contributed by atoms with Gasteiger partial charge in [0.05, 0.1) is 34.3 Å². The Morgan fingerprint density at radius 2 is 1.77 bits per heavy atom. The number of benzene rings is 1. The molecule has 1 aliphatic rings. The number of dihydropyridines is 1. The number of non-ortho nitro benzene ring substituents is 1. The van der Waals surface area contributed by atoms with Crippen molar-refractivity contribution in [2.24, 2.45) is 0 Å². The second-order valence-electron chi connectivity index (χ2n) is 6.26. The third-order valence-electron chi connectivity index (χ3n) is 4.27. The highest BCUT2D eigenvalue weighted by Crippen LogP contribution is 2.39. The molecule has 1 heterocycles. The van der Waals surface area contributed by atoms with Crippen molar-refractivity contribution in [3.8, 4) is 0 Å². The second kappa shape index (κ2) is 9.45. The number of carbonyl (C=O) groups is 1. The number of nitrogens with zero attached hydrogens (tertiary/aromatic N) is 3. The predicted molar refractivity (Wildman–Crippen MR) is 99.9 cm³/mol. The summed E-state index contributed by atoms with van der Waals surface area (Å²) in [5, 5.41) is 34.8. The first-order valence-electron chi connectivity index (χ1n) is 8.65. The smallest absolute Gasteiger partial charge is 0.336 e. The molecular weight excluding hydrogens is 404 g/mol. The first-order valence-corrected chi connectivity index (χ1v) is 8.65. The van der Waals surface area contributed by atoms with Crippen LogP contribution in [0.1, 0.15) is 31.7 Å². The van der Waals surface area contributed by atoms with Crippen molar-refractivity contribution in [1.29, 1.82) is 0 Å². The number of esters is 1. The van der Waals surface area contributed by atoms with Crippen LogP contribution in [-0.4, -0.2) is 34.1 Å². The molecule has 0 bridgehead atoms. The Hall–Kier alpha value is -4.03. The van der Waals surface area contributed by atoms with Crippen molar-refractivity contribution in [3.63, 3.8) is 0 Å². The van der Waals surface area contributed by atoms with E-state index in [4.69, 9.17) is 4.74 Å². The van der Waals surface area contributed by atoms with Crippen molar-refractivity contribution in [2.75, 3.05) is 13.2 Å². The standard InChI is InChI=1S/C17H18N4O9/c1-10-14(17(22)29-7-4-8-30-21(27)28)15(16(20(25)26)11(2)18-10)12-5-3-6-13(9-12)19(23)24/h3,5-6,9,15,18H,4,7-8H2,1-2H3. The zero-order chi connectivity index (χ0) is 22.4. The molecule has 1 N–H and O–H groups in total. The molecule has 0 saturated carbocycles. The summed E-state index contributed by atoms with van der Waals surface area (Å²) in [6.07, 6.45) is 0.0327. The van der Waals surface area contributed by atoms with Crippen molar-refractivity contribution in [1.82, 2.24) is 5.32 Å². The third kappa shape index (κ3) is 5.06. The molecule has 160 valence electrons. The molecule has 0 saturated heterocycles. The zero-order valence-electron chi connectivity index (χ0n) is 16.0. The fourth-order valence-corrected chi connectivity index (χ4v) is 3.08. The lowest BCUT2D eigenvalue weighted by Crippen LogP contribution is -2.31. The molecule has 30 heavy (non-hydrogen) atoms. The van der Waals surface area contributed by atoms with E-state index in [1.165, 1.54) is 32.0 Å². The Balaban J connectivity index is 2.38. The number of hydrogen-bond acceptors (Lipinski definition) is 10. The summed E-state index contributed by atoms with van der Waals surface area (Å²) in [5.74, 6) is -2.09. The maximum atomic E-state index is 12.7. The summed E-state index contributed by atoms with van der Waals surface area (Å²) in [5.41, 5.74) is -0.0489. The van der Waals surface area contributed by atoms with Crippen LogP contribution in [0.25, 0.3) is 0 Å². The molecule has 1 aromatic carbocycles. The molecular formula is C17H18N4O9. The van der Waals surface area contributed by atoms with E-state index in [0.717, 1.165) is 6.07 Å². The van der Waals surface area contributed by atoms with Crippen LogP contribution < -0.4 is 5.32 Å². The van der Waals surface area contributed by atoms with Gasteiger partial charge in [-0.2, -0.15) is 0 Å². The average molecular weight is 422 g/mol. The van der Waals surface area contributed by atoms with Gasteiger partial charge in [0.2, 0.25) is 0 Å². The van der Waals surface area contributed by atoms with E-state index >= 15 is 0 Å². The van der Waals surface area contributed by atoms with Crippen LogP contribution in [0.3, 0.4) is 0 Å². The largest absolute Gasteiger partial charge is 0.462 e. The van der Waals surface area contributed by atoms with Gasteiger partial charge in [-0.3, -0.25) is 20.2 Å². The van der Waals surface area contributed by atoms with E-state index < -0.39 is 26.8 Å². The van der Waals surface area contributed by atoms with Gasteiger partial charge in [0.25, 0.3) is 16.5 Å². The highest BCUT2D eigenvalue weighted by atomic mass is 16.9. The Bertz CT molecular complexity index is 954. The first kappa shape index (κ1) is 22.3. The number of ether oxygens (including phenoxy) is 1. The number of nitro benzene ring substituents is 1.